The van der Waals surface area contributed by atoms with Gasteiger partial charge in [0.2, 0.25) is 12.6 Å². The van der Waals surface area contributed by atoms with E-state index in [-0.39, 0.29) is 0 Å². The molecule has 7 N–H and O–H groups in total. The summed E-state index contributed by atoms with van der Waals surface area (Å²) >= 11 is 0. The second kappa shape index (κ2) is 9.89. The lowest BCUT2D eigenvalue weighted by Crippen LogP contribution is -2.61. The predicted molar refractivity (Wildman–Crippen MR) is 75.3 cm³/mol. The van der Waals surface area contributed by atoms with Gasteiger partial charge in [0.1, 0.15) is 30.5 Å². The van der Waals surface area contributed by atoms with Gasteiger partial charge in [-0.25, -0.2) is 0 Å². The van der Waals surface area contributed by atoms with Crippen LogP contribution in [0, 0.1) is 0 Å². The fourth-order valence-electron chi connectivity index (χ4n) is 2.22. The Labute approximate surface area is 138 Å². The van der Waals surface area contributed by atoms with Crippen LogP contribution in [0.4, 0.5) is 0 Å². The van der Waals surface area contributed by atoms with E-state index >= 15 is 0 Å². The first-order chi connectivity index (χ1) is 11.3. The highest BCUT2D eigenvalue weighted by molar-refractivity contribution is 4.90. The number of hydrogen-bond donors (Lipinski definition) is 7. The third-order valence-corrected chi connectivity index (χ3v) is 3.61. The van der Waals surface area contributed by atoms with Crippen molar-refractivity contribution >= 4 is 0 Å². The zero-order valence-corrected chi connectivity index (χ0v) is 13.4. The normalized spacial score (nSPS) is 35.0. The molecule has 1 saturated heterocycles. The van der Waals surface area contributed by atoms with E-state index in [1.165, 1.54) is 14.0 Å². The molecule has 1 aliphatic rings. The molecule has 0 aromatic carbocycles. The minimum absolute atomic E-state index is 0.623. The van der Waals surface area contributed by atoms with Gasteiger partial charge in [-0.1, -0.05) is 0 Å². The molecule has 11 heteroatoms. The lowest BCUT2D eigenvalue weighted by atomic mass is 9.99. The van der Waals surface area contributed by atoms with Crippen molar-refractivity contribution in [3.63, 3.8) is 0 Å². The summed E-state index contributed by atoms with van der Waals surface area (Å²) in [6.45, 7) is 0.0535. The quantitative estimate of drug-likeness (QED) is 0.199. The largest absolute Gasteiger partial charge is 0.394 e. The van der Waals surface area contributed by atoms with Crippen molar-refractivity contribution in [1.82, 2.24) is 0 Å². The Balaban J connectivity index is 2.86. The predicted octanol–water partition coefficient (Wildman–Crippen LogP) is -4.15. The number of aliphatic hydroxyl groups is 7. The van der Waals surface area contributed by atoms with Crippen LogP contribution in [0.3, 0.4) is 0 Å². The smallest absolute Gasteiger partial charge is 0.209 e. The van der Waals surface area contributed by atoms with Gasteiger partial charge in [-0.2, -0.15) is 0 Å². The molecule has 144 valence electrons. The number of aliphatic hydroxyl groups excluding tert-OH is 6. The lowest BCUT2D eigenvalue weighted by Gasteiger charge is -2.42. The summed E-state index contributed by atoms with van der Waals surface area (Å²) in [6.07, 6.45) is -13.2. The first-order valence-corrected chi connectivity index (χ1v) is 7.38. The molecule has 8 unspecified atom stereocenters. The Morgan fingerprint density at radius 1 is 1.08 bits per heavy atom. The highest BCUT2D eigenvalue weighted by Gasteiger charge is 2.47. The van der Waals surface area contributed by atoms with Crippen LogP contribution in [0.2, 0.25) is 0 Å². The summed E-state index contributed by atoms with van der Waals surface area (Å²) in [7, 11) is 1.23. The fraction of sp³-hybridized carbons (Fsp3) is 1.00. The van der Waals surface area contributed by atoms with Crippen LogP contribution in [-0.2, 0) is 18.9 Å². The van der Waals surface area contributed by atoms with Crippen LogP contribution in [0.25, 0.3) is 0 Å². The number of hydrogen-bond acceptors (Lipinski definition) is 11. The number of ether oxygens (including phenoxy) is 4. The van der Waals surface area contributed by atoms with E-state index in [1.807, 2.05) is 0 Å². The number of rotatable bonds is 9. The van der Waals surface area contributed by atoms with Crippen molar-refractivity contribution in [2.24, 2.45) is 0 Å². The summed E-state index contributed by atoms with van der Waals surface area (Å²) in [5, 5.41) is 66.6. The third kappa shape index (κ3) is 5.28. The van der Waals surface area contributed by atoms with Crippen LogP contribution in [0.1, 0.15) is 6.92 Å². The van der Waals surface area contributed by atoms with E-state index in [4.69, 9.17) is 24.1 Å². The van der Waals surface area contributed by atoms with Crippen molar-refractivity contribution in [2.75, 3.05) is 20.3 Å². The lowest BCUT2D eigenvalue weighted by molar-refractivity contribution is -0.351. The number of methoxy groups -OCH3 is 1. The molecule has 0 saturated carbocycles. The summed E-state index contributed by atoms with van der Waals surface area (Å²) in [5.74, 6) is 0. The Kier molecular flexibility index (Phi) is 8.90. The van der Waals surface area contributed by atoms with Gasteiger partial charge in [0, 0.05) is 7.11 Å². The fourth-order valence-corrected chi connectivity index (χ4v) is 2.22. The van der Waals surface area contributed by atoms with Crippen LogP contribution >= 0.6 is 0 Å². The molecule has 24 heavy (non-hydrogen) atoms. The maximum Gasteiger partial charge on any atom is 0.209 e. The molecular weight excluding hydrogens is 332 g/mol. The zero-order chi connectivity index (χ0) is 18.4. The highest BCUT2D eigenvalue weighted by atomic mass is 16.7. The molecule has 8 atom stereocenters. The van der Waals surface area contributed by atoms with Gasteiger partial charge in [0.05, 0.1) is 19.3 Å². The molecule has 0 amide bonds. The average Bonchev–Trinajstić information content (AvgIpc) is 2.54. The first kappa shape index (κ1) is 21.6. The molecule has 0 spiro atoms. The van der Waals surface area contributed by atoms with Crippen molar-refractivity contribution in [2.45, 2.75) is 62.4 Å². The SMILES string of the molecule is COC1OC(CO)C(OC(OC(CO)C(C)O)C(O)O)C(O)C1O. The topological polar surface area (TPSA) is 179 Å². The van der Waals surface area contributed by atoms with E-state index in [0.717, 1.165) is 0 Å². The zero-order valence-electron chi connectivity index (χ0n) is 13.4. The molecule has 0 aliphatic carbocycles. The second-order valence-corrected chi connectivity index (χ2v) is 5.42. The van der Waals surface area contributed by atoms with E-state index in [0.29, 0.717) is 0 Å². The molecule has 0 aromatic heterocycles. The third-order valence-electron chi connectivity index (χ3n) is 3.61. The van der Waals surface area contributed by atoms with E-state index < -0.39 is 68.7 Å². The van der Waals surface area contributed by atoms with Crippen molar-refractivity contribution < 1.29 is 54.7 Å². The standard InChI is InChI=1S/C13H26O11/c1-5(16)6(3-14)22-13(11(19)20)24-10-7(4-15)23-12(21-2)9(18)8(10)17/h5-20H,3-4H2,1-2H3. The minimum Gasteiger partial charge on any atom is -0.394 e. The van der Waals surface area contributed by atoms with Gasteiger partial charge >= 0.3 is 0 Å². The molecule has 0 aromatic rings. The Bertz CT molecular complexity index is 351. The molecule has 0 radical (unpaired) electrons. The van der Waals surface area contributed by atoms with E-state index in [1.54, 1.807) is 0 Å². The van der Waals surface area contributed by atoms with Crippen molar-refractivity contribution in [3.05, 3.63) is 0 Å². The molecule has 11 nitrogen and oxygen atoms in total. The van der Waals surface area contributed by atoms with E-state index in [9.17, 15) is 30.6 Å². The Morgan fingerprint density at radius 3 is 2.12 bits per heavy atom. The van der Waals surface area contributed by atoms with Gasteiger partial charge in [-0.3, -0.25) is 0 Å². The first-order valence-electron chi connectivity index (χ1n) is 7.38. The average molecular weight is 358 g/mol. The Morgan fingerprint density at radius 2 is 1.71 bits per heavy atom. The van der Waals surface area contributed by atoms with E-state index in [2.05, 4.69) is 0 Å². The maximum atomic E-state index is 10.1. The van der Waals surface area contributed by atoms with Gasteiger partial charge in [-0.05, 0) is 6.92 Å². The van der Waals surface area contributed by atoms with Crippen LogP contribution < -0.4 is 0 Å². The Hall–Kier alpha value is -0.440. The van der Waals surface area contributed by atoms with Crippen molar-refractivity contribution in [1.29, 1.82) is 0 Å². The highest BCUT2D eigenvalue weighted by Crippen LogP contribution is 2.26. The van der Waals surface area contributed by atoms with Gasteiger partial charge < -0.3 is 54.7 Å². The molecule has 1 fully saturated rings. The molecular formula is C13H26O11. The van der Waals surface area contributed by atoms with Crippen LogP contribution in [0.15, 0.2) is 0 Å². The molecule has 1 aliphatic heterocycles. The second-order valence-electron chi connectivity index (χ2n) is 5.42. The minimum atomic E-state index is -2.19. The monoisotopic (exact) mass is 358 g/mol. The van der Waals surface area contributed by atoms with Crippen LogP contribution in [-0.4, -0.2) is 112 Å². The molecule has 1 rings (SSSR count). The summed E-state index contributed by atoms with van der Waals surface area (Å²) in [4.78, 5) is 0. The van der Waals surface area contributed by atoms with Crippen LogP contribution in [0.5, 0.6) is 0 Å². The summed E-state index contributed by atoms with van der Waals surface area (Å²) in [5.41, 5.74) is 0. The van der Waals surface area contributed by atoms with Gasteiger partial charge in [0.25, 0.3) is 0 Å². The summed E-state index contributed by atoms with van der Waals surface area (Å²) < 4.78 is 20.3. The summed E-state index contributed by atoms with van der Waals surface area (Å²) in [6, 6.07) is 0. The molecule has 1 heterocycles. The molecule has 0 bridgehead atoms. The van der Waals surface area contributed by atoms with Crippen molar-refractivity contribution in [3.8, 4) is 0 Å². The van der Waals surface area contributed by atoms with Gasteiger partial charge in [0.15, 0.2) is 6.29 Å². The van der Waals surface area contributed by atoms with Gasteiger partial charge in [-0.15, -0.1) is 0 Å². The maximum absolute atomic E-state index is 10.1.